The van der Waals surface area contributed by atoms with Gasteiger partial charge in [-0.05, 0) is 36.4 Å². The number of anilines is 1. The summed E-state index contributed by atoms with van der Waals surface area (Å²) in [6.07, 6.45) is -1.34. The van der Waals surface area contributed by atoms with Crippen LogP contribution in [0.4, 0.5) is 15.8 Å². The normalized spacial score (nSPS) is 12.0. The number of nitro groups is 1. The van der Waals surface area contributed by atoms with Gasteiger partial charge in [0.25, 0.3) is 0 Å². The summed E-state index contributed by atoms with van der Waals surface area (Å²) < 4.78 is 17.7. The van der Waals surface area contributed by atoms with Gasteiger partial charge in [0, 0.05) is 36.8 Å². The minimum Gasteiger partial charge on any atom is -0.484 e. The Morgan fingerprint density at radius 2 is 2.00 bits per heavy atom. The van der Waals surface area contributed by atoms with Crippen molar-refractivity contribution in [1.82, 2.24) is 4.98 Å². The number of hydrogen-bond donors (Lipinski definition) is 1. The molecule has 7 nitrogen and oxygen atoms in total. The lowest BCUT2D eigenvalue weighted by Crippen LogP contribution is -2.19. The lowest BCUT2D eigenvalue weighted by molar-refractivity contribution is -0.385. The van der Waals surface area contributed by atoms with E-state index < -0.39 is 17.7 Å². The van der Waals surface area contributed by atoms with Crippen molar-refractivity contribution in [2.75, 3.05) is 32.3 Å². The molecule has 0 fully saturated rings. The van der Waals surface area contributed by atoms with Crippen LogP contribution in [0.2, 0.25) is 0 Å². The number of benzene rings is 2. The molecule has 1 unspecified atom stereocenters. The Labute approximate surface area is 161 Å². The van der Waals surface area contributed by atoms with E-state index in [9.17, 15) is 19.6 Å². The molecule has 0 bridgehead atoms. The predicted molar refractivity (Wildman–Crippen MR) is 106 cm³/mol. The lowest BCUT2D eigenvalue weighted by Gasteiger charge is -2.13. The van der Waals surface area contributed by atoms with Gasteiger partial charge in [-0.3, -0.25) is 10.1 Å². The molecule has 0 aliphatic heterocycles. The van der Waals surface area contributed by atoms with Crippen molar-refractivity contribution in [3.05, 3.63) is 58.6 Å². The Morgan fingerprint density at radius 3 is 2.68 bits per heavy atom. The first-order valence-electron chi connectivity index (χ1n) is 8.63. The molecule has 1 heterocycles. The number of alkyl halides is 1. The van der Waals surface area contributed by atoms with Crippen molar-refractivity contribution >= 4 is 22.3 Å². The first-order chi connectivity index (χ1) is 13.4. The highest BCUT2D eigenvalue weighted by Crippen LogP contribution is 2.33. The van der Waals surface area contributed by atoms with Crippen molar-refractivity contribution in [2.24, 2.45) is 0 Å². The van der Waals surface area contributed by atoms with Gasteiger partial charge in [0.2, 0.25) is 0 Å². The first-order valence-corrected chi connectivity index (χ1v) is 8.63. The fourth-order valence-corrected chi connectivity index (χ4v) is 2.72. The molecule has 0 aliphatic carbocycles. The standard InChI is InChI=1S/C20H20FN3O4/c1-23(2)15-5-7-18-13(9-15)3-6-17(22-18)14-4-8-19(24(26)27)20(10-14)28-12-16(25)11-21/h3-10,16,25H,11-12H2,1-2H3. The van der Waals surface area contributed by atoms with E-state index in [2.05, 4.69) is 4.98 Å². The number of aliphatic hydroxyl groups is 1. The molecular weight excluding hydrogens is 365 g/mol. The van der Waals surface area contributed by atoms with Gasteiger partial charge in [0.1, 0.15) is 19.4 Å². The number of aliphatic hydroxyl groups excluding tert-OH is 1. The number of rotatable bonds is 7. The highest BCUT2D eigenvalue weighted by Gasteiger charge is 2.18. The number of hydrogen-bond acceptors (Lipinski definition) is 6. The molecule has 8 heteroatoms. The van der Waals surface area contributed by atoms with Crippen molar-refractivity contribution in [1.29, 1.82) is 0 Å². The maximum atomic E-state index is 12.4. The van der Waals surface area contributed by atoms with Crippen LogP contribution in [0.3, 0.4) is 0 Å². The zero-order valence-corrected chi connectivity index (χ0v) is 15.5. The third-order valence-corrected chi connectivity index (χ3v) is 4.25. The van der Waals surface area contributed by atoms with E-state index in [1.807, 2.05) is 49.3 Å². The second-order valence-electron chi connectivity index (χ2n) is 6.53. The van der Waals surface area contributed by atoms with E-state index in [0.717, 1.165) is 16.6 Å². The highest BCUT2D eigenvalue weighted by atomic mass is 19.1. The minimum absolute atomic E-state index is 0.0418. The molecule has 0 spiro atoms. The zero-order chi connectivity index (χ0) is 20.3. The zero-order valence-electron chi connectivity index (χ0n) is 15.5. The van der Waals surface area contributed by atoms with Crippen LogP contribution in [0.1, 0.15) is 0 Å². The number of nitrogens with zero attached hydrogens (tertiary/aromatic N) is 3. The maximum absolute atomic E-state index is 12.4. The highest BCUT2D eigenvalue weighted by molar-refractivity contribution is 5.85. The monoisotopic (exact) mass is 385 g/mol. The third kappa shape index (κ3) is 4.17. The SMILES string of the molecule is CN(C)c1ccc2nc(-c3ccc([N+](=O)[O-])c(OCC(O)CF)c3)ccc2c1. The molecule has 0 aliphatic rings. The van der Waals surface area contributed by atoms with Crippen LogP contribution in [0.25, 0.3) is 22.2 Å². The molecule has 0 radical (unpaired) electrons. The smallest absolute Gasteiger partial charge is 0.310 e. The van der Waals surface area contributed by atoms with E-state index >= 15 is 0 Å². The second kappa shape index (κ2) is 8.18. The van der Waals surface area contributed by atoms with Crippen LogP contribution in [0, 0.1) is 10.1 Å². The average Bonchev–Trinajstić information content (AvgIpc) is 2.70. The van der Waals surface area contributed by atoms with E-state index in [4.69, 9.17) is 4.74 Å². The number of aromatic nitrogens is 1. The van der Waals surface area contributed by atoms with Crippen LogP contribution in [-0.2, 0) is 0 Å². The van der Waals surface area contributed by atoms with E-state index in [1.165, 1.54) is 12.1 Å². The summed E-state index contributed by atoms with van der Waals surface area (Å²) >= 11 is 0. The summed E-state index contributed by atoms with van der Waals surface area (Å²) in [5.74, 6) is -0.0418. The van der Waals surface area contributed by atoms with Gasteiger partial charge < -0.3 is 14.7 Å². The number of ether oxygens (including phenoxy) is 1. The molecule has 1 atom stereocenters. The average molecular weight is 385 g/mol. The van der Waals surface area contributed by atoms with Gasteiger partial charge in [-0.15, -0.1) is 0 Å². The Morgan fingerprint density at radius 1 is 1.21 bits per heavy atom. The fourth-order valence-electron chi connectivity index (χ4n) is 2.72. The summed E-state index contributed by atoms with van der Waals surface area (Å²) in [5, 5.41) is 21.5. The van der Waals surface area contributed by atoms with Gasteiger partial charge in [0.05, 0.1) is 16.1 Å². The lowest BCUT2D eigenvalue weighted by atomic mass is 10.1. The summed E-state index contributed by atoms with van der Waals surface area (Å²) in [6, 6.07) is 14.0. The number of nitro benzene ring substituents is 1. The van der Waals surface area contributed by atoms with Gasteiger partial charge in [0.15, 0.2) is 5.75 Å². The predicted octanol–water partition coefficient (Wildman–Crippen LogP) is 3.59. The van der Waals surface area contributed by atoms with Crippen molar-refractivity contribution in [3.63, 3.8) is 0 Å². The topological polar surface area (TPSA) is 88.7 Å². The first kappa shape index (κ1) is 19.5. The summed E-state index contributed by atoms with van der Waals surface area (Å²) in [7, 11) is 3.92. The van der Waals surface area contributed by atoms with Crippen molar-refractivity contribution < 1.29 is 19.2 Å². The molecule has 146 valence electrons. The van der Waals surface area contributed by atoms with Gasteiger partial charge in [-0.25, -0.2) is 9.37 Å². The fraction of sp³-hybridized carbons (Fsp3) is 0.250. The van der Waals surface area contributed by atoms with Crippen LogP contribution in [0.5, 0.6) is 5.75 Å². The number of fused-ring (bicyclic) bond motifs is 1. The Balaban J connectivity index is 1.98. The Hall–Kier alpha value is -3.26. The molecule has 1 aromatic heterocycles. The molecular formula is C20H20FN3O4. The van der Waals surface area contributed by atoms with Gasteiger partial charge in [-0.2, -0.15) is 0 Å². The molecule has 3 rings (SSSR count). The number of halogens is 1. The molecule has 1 N–H and O–H groups in total. The quantitative estimate of drug-likeness (QED) is 0.494. The summed E-state index contributed by atoms with van der Waals surface area (Å²) in [5.41, 5.74) is 2.83. The van der Waals surface area contributed by atoms with Crippen molar-refractivity contribution in [2.45, 2.75) is 6.10 Å². The molecule has 0 saturated carbocycles. The Bertz CT molecular complexity index is 1010. The molecule has 28 heavy (non-hydrogen) atoms. The third-order valence-electron chi connectivity index (χ3n) is 4.25. The second-order valence-corrected chi connectivity index (χ2v) is 6.53. The summed E-state index contributed by atoms with van der Waals surface area (Å²) in [4.78, 5) is 17.2. The largest absolute Gasteiger partial charge is 0.484 e. The molecule has 2 aromatic carbocycles. The van der Waals surface area contributed by atoms with Crippen LogP contribution >= 0.6 is 0 Å². The van der Waals surface area contributed by atoms with E-state index in [0.29, 0.717) is 11.3 Å². The molecule has 0 saturated heterocycles. The van der Waals surface area contributed by atoms with Crippen LogP contribution in [0.15, 0.2) is 48.5 Å². The van der Waals surface area contributed by atoms with Gasteiger partial charge in [-0.1, -0.05) is 6.07 Å². The van der Waals surface area contributed by atoms with Crippen LogP contribution in [-0.4, -0.2) is 48.5 Å². The number of pyridine rings is 1. The van der Waals surface area contributed by atoms with E-state index in [1.54, 1.807) is 6.07 Å². The minimum atomic E-state index is -1.34. The molecule has 0 amide bonds. The maximum Gasteiger partial charge on any atom is 0.310 e. The van der Waals surface area contributed by atoms with Crippen molar-refractivity contribution in [3.8, 4) is 17.0 Å². The summed E-state index contributed by atoms with van der Waals surface area (Å²) in [6.45, 7) is -1.37. The van der Waals surface area contributed by atoms with Crippen LogP contribution < -0.4 is 9.64 Å². The molecule has 3 aromatic rings. The Kier molecular flexibility index (Phi) is 5.70. The van der Waals surface area contributed by atoms with E-state index in [-0.39, 0.29) is 18.0 Å². The van der Waals surface area contributed by atoms with Gasteiger partial charge >= 0.3 is 5.69 Å².